The monoisotopic (exact) mass is 682 g/mol. The zero-order valence-corrected chi connectivity index (χ0v) is 27.3. The normalized spacial score (nSPS) is 24.0. The standard InChI is InChI=1S/C35H38F4N6O4/c1-3-22-24(36)6-5-20-13-21(46)14-23(26(20)22)29-28(37)30-27(25(41-29)7-8-40)31(45-11-12-48-18-33(2,47)16-45)43-32(42-30)49-19-34(15-35(34,38)39)17-44-9-4-10-44/h5-8,13-14,46-47H,3-4,9-12,15-19,40H2,1-2H3/b8-7-. The second kappa shape index (κ2) is 12.3. The maximum absolute atomic E-state index is 17.1. The summed E-state index contributed by atoms with van der Waals surface area (Å²) in [5.41, 5.74) is 3.18. The SMILES string of the molecule is CCc1c(F)ccc2cc(O)cc(-c3nc(/C=C\N)c4c(N5CCOCC(C)(O)C5)nc(OCC5(CN6CCC6)CC5(F)F)nc4c3F)c12. The summed E-state index contributed by atoms with van der Waals surface area (Å²) in [5.74, 6) is -4.42. The molecule has 4 heterocycles. The van der Waals surface area contributed by atoms with Crippen molar-refractivity contribution in [3.05, 3.63) is 53.4 Å². The number of anilines is 1. The summed E-state index contributed by atoms with van der Waals surface area (Å²) < 4.78 is 73.3. The smallest absolute Gasteiger partial charge is 0.319 e. The van der Waals surface area contributed by atoms with E-state index in [4.69, 9.17) is 15.2 Å². The number of rotatable bonds is 9. The Morgan fingerprint density at radius 1 is 1.10 bits per heavy atom. The van der Waals surface area contributed by atoms with E-state index in [9.17, 15) is 19.0 Å². The molecular formula is C35H38F4N6O4. The first-order chi connectivity index (χ1) is 23.3. The number of fused-ring (bicyclic) bond motifs is 2. The van der Waals surface area contributed by atoms with Crippen molar-refractivity contribution in [2.45, 2.75) is 44.6 Å². The van der Waals surface area contributed by atoms with Crippen LogP contribution < -0.4 is 15.4 Å². The van der Waals surface area contributed by atoms with E-state index in [-0.39, 0.29) is 91.1 Å². The van der Waals surface area contributed by atoms with Gasteiger partial charge < -0.3 is 35.2 Å². The molecule has 2 atom stereocenters. The number of aliphatic hydroxyl groups is 1. The highest BCUT2D eigenvalue weighted by Crippen LogP contribution is 2.61. The number of nitrogens with two attached hydrogens (primary N) is 1. The Morgan fingerprint density at radius 2 is 1.88 bits per heavy atom. The van der Waals surface area contributed by atoms with E-state index >= 15 is 8.78 Å². The molecule has 2 saturated heterocycles. The van der Waals surface area contributed by atoms with Gasteiger partial charge in [-0.2, -0.15) is 9.97 Å². The molecule has 0 spiro atoms. The molecule has 3 aliphatic rings. The van der Waals surface area contributed by atoms with Crippen molar-refractivity contribution in [3.8, 4) is 23.0 Å². The Kier molecular flexibility index (Phi) is 8.31. The number of phenolic OH excluding ortho intramolecular Hbond substituents is 1. The number of aromatic hydroxyl groups is 1. The van der Waals surface area contributed by atoms with E-state index in [1.54, 1.807) is 18.7 Å². The molecule has 260 valence electrons. The Morgan fingerprint density at radius 3 is 2.55 bits per heavy atom. The topological polar surface area (TPSA) is 130 Å². The summed E-state index contributed by atoms with van der Waals surface area (Å²) in [7, 11) is 0. The number of pyridine rings is 1. The molecule has 2 aliphatic heterocycles. The molecule has 4 N–H and O–H groups in total. The quantitative estimate of drug-likeness (QED) is 0.207. The van der Waals surface area contributed by atoms with Gasteiger partial charge in [-0.1, -0.05) is 13.0 Å². The molecule has 2 aromatic carbocycles. The predicted molar refractivity (Wildman–Crippen MR) is 177 cm³/mol. The molecule has 2 aromatic heterocycles. The van der Waals surface area contributed by atoms with Crippen molar-refractivity contribution in [2.24, 2.45) is 11.1 Å². The van der Waals surface area contributed by atoms with Gasteiger partial charge in [0.05, 0.1) is 36.3 Å². The molecule has 7 rings (SSSR count). The maximum atomic E-state index is 17.1. The van der Waals surface area contributed by atoms with Crippen LogP contribution in [-0.2, 0) is 11.2 Å². The summed E-state index contributed by atoms with van der Waals surface area (Å²) in [5, 5.41) is 22.7. The lowest BCUT2D eigenvalue weighted by Crippen LogP contribution is -2.44. The summed E-state index contributed by atoms with van der Waals surface area (Å²) in [6, 6.07) is 5.22. The Bertz CT molecular complexity index is 1970. The zero-order valence-electron chi connectivity index (χ0n) is 27.3. The van der Waals surface area contributed by atoms with E-state index in [1.165, 1.54) is 36.5 Å². The van der Waals surface area contributed by atoms with Gasteiger partial charge in [0.25, 0.3) is 5.92 Å². The van der Waals surface area contributed by atoms with Gasteiger partial charge in [-0.15, -0.1) is 0 Å². The number of likely N-dealkylation sites (tertiary alicyclic amines) is 1. The first kappa shape index (κ1) is 33.2. The van der Waals surface area contributed by atoms with Crippen molar-refractivity contribution in [2.75, 3.05) is 57.4 Å². The molecule has 4 aromatic rings. The van der Waals surface area contributed by atoms with Crippen molar-refractivity contribution in [1.29, 1.82) is 0 Å². The minimum atomic E-state index is -2.94. The van der Waals surface area contributed by atoms with Crippen LogP contribution in [0.5, 0.6) is 11.8 Å². The van der Waals surface area contributed by atoms with Gasteiger partial charge in [-0.3, -0.25) is 0 Å². The lowest BCUT2D eigenvalue weighted by Gasteiger charge is -2.34. The van der Waals surface area contributed by atoms with Crippen LogP contribution in [0.25, 0.3) is 39.0 Å². The van der Waals surface area contributed by atoms with Crippen LogP contribution in [0.15, 0.2) is 30.5 Å². The number of aromatic nitrogens is 3. The van der Waals surface area contributed by atoms with Crippen molar-refractivity contribution >= 4 is 33.6 Å². The number of β-amino-alcohol motifs (C(OH)–C–C–N with tert-alkyl or cyclic N) is 1. The third kappa shape index (κ3) is 5.99. The van der Waals surface area contributed by atoms with Gasteiger partial charge in [-0.05, 0) is 79.7 Å². The second-order valence-corrected chi connectivity index (χ2v) is 13.6. The van der Waals surface area contributed by atoms with Crippen LogP contribution in [0.4, 0.5) is 23.4 Å². The minimum Gasteiger partial charge on any atom is -0.508 e. The highest BCUT2D eigenvalue weighted by atomic mass is 19.3. The van der Waals surface area contributed by atoms with E-state index in [2.05, 4.69) is 15.0 Å². The van der Waals surface area contributed by atoms with Crippen LogP contribution in [0, 0.1) is 17.0 Å². The number of ether oxygens (including phenoxy) is 2. The Hall–Kier alpha value is -4.27. The number of phenols is 1. The number of hydrogen-bond donors (Lipinski definition) is 3. The number of aryl methyl sites for hydroxylation is 1. The van der Waals surface area contributed by atoms with Crippen LogP contribution in [0.2, 0.25) is 0 Å². The molecule has 14 heteroatoms. The lowest BCUT2D eigenvalue weighted by atomic mass is 9.94. The van der Waals surface area contributed by atoms with Gasteiger partial charge in [0.15, 0.2) is 5.82 Å². The van der Waals surface area contributed by atoms with E-state index in [0.29, 0.717) is 16.3 Å². The number of benzene rings is 2. The molecular weight excluding hydrogens is 644 g/mol. The highest BCUT2D eigenvalue weighted by Gasteiger charge is 2.72. The average Bonchev–Trinajstić information content (AvgIpc) is 3.65. The fourth-order valence-corrected chi connectivity index (χ4v) is 6.99. The van der Waals surface area contributed by atoms with Crippen LogP contribution in [-0.4, -0.2) is 94.1 Å². The molecule has 0 amide bonds. The summed E-state index contributed by atoms with van der Waals surface area (Å²) in [6.45, 7) is 5.10. The van der Waals surface area contributed by atoms with Crippen LogP contribution >= 0.6 is 0 Å². The zero-order chi connectivity index (χ0) is 34.7. The maximum Gasteiger partial charge on any atom is 0.319 e. The van der Waals surface area contributed by atoms with Crippen molar-refractivity contribution < 1.29 is 37.2 Å². The third-order valence-electron chi connectivity index (χ3n) is 9.70. The van der Waals surface area contributed by atoms with Crippen molar-refractivity contribution in [1.82, 2.24) is 19.9 Å². The van der Waals surface area contributed by atoms with Gasteiger partial charge in [-0.25, -0.2) is 22.5 Å². The van der Waals surface area contributed by atoms with Gasteiger partial charge >= 0.3 is 6.01 Å². The molecule has 2 unspecified atom stereocenters. The highest BCUT2D eigenvalue weighted by molar-refractivity contribution is 6.03. The molecule has 0 bridgehead atoms. The fourth-order valence-electron chi connectivity index (χ4n) is 6.99. The summed E-state index contributed by atoms with van der Waals surface area (Å²) in [6.07, 6.45) is 3.52. The molecule has 49 heavy (non-hydrogen) atoms. The lowest BCUT2D eigenvalue weighted by molar-refractivity contribution is -0.0123. The largest absolute Gasteiger partial charge is 0.508 e. The third-order valence-corrected chi connectivity index (χ3v) is 9.70. The number of alkyl halides is 2. The molecule has 10 nitrogen and oxygen atoms in total. The van der Waals surface area contributed by atoms with Gasteiger partial charge in [0, 0.05) is 25.1 Å². The molecule has 0 radical (unpaired) electrons. The molecule has 1 saturated carbocycles. The van der Waals surface area contributed by atoms with E-state index in [1.807, 2.05) is 4.90 Å². The fraction of sp³-hybridized carbons (Fsp3) is 0.457. The Labute approximate surface area is 280 Å². The molecule has 1 aliphatic carbocycles. The second-order valence-electron chi connectivity index (χ2n) is 13.6. The summed E-state index contributed by atoms with van der Waals surface area (Å²) in [4.78, 5) is 17.3. The van der Waals surface area contributed by atoms with Gasteiger partial charge in [0.1, 0.15) is 40.8 Å². The number of nitrogens with zero attached hydrogens (tertiary/aromatic N) is 5. The number of halogens is 4. The minimum absolute atomic E-state index is 0.0288. The van der Waals surface area contributed by atoms with E-state index < -0.39 is 35.2 Å². The Balaban J connectivity index is 1.44. The predicted octanol–water partition coefficient (Wildman–Crippen LogP) is 5.02. The first-order valence-electron chi connectivity index (χ1n) is 16.4. The van der Waals surface area contributed by atoms with Gasteiger partial charge in [0.2, 0.25) is 0 Å². The number of hydrogen-bond acceptors (Lipinski definition) is 10. The van der Waals surface area contributed by atoms with Crippen LogP contribution in [0.3, 0.4) is 0 Å². The van der Waals surface area contributed by atoms with E-state index in [0.717, 1.165) is 19.5 Å². The average molecular weight is 683 g/mol. The summed E-state index contributed by atoms with van der Waals surface area (Å²) >= 11 is 0. The van der Waals surface area contributed by atoms with Crippen molar-refractivity contribution in [3.63, 3.8) is 0 Å². The molecule has 3 fully saturated rings. The first-order valence-corrected chi connectivity index (χ1v) is 16.4. The van der Waals surface area contributed by atoms with Crippen LogP contribution in [0.1, 0.15) is 37.9 Å².